The summed E-state index contributed by atoms with van der Waals surface area (Å²) in [5.74, 6) is -1.06. The van der Waals surface area contributed by atoms with Crippen LogP contribution in [0.25, 0.3) is 0 Å². The molecule has 3 rings (SSSR count). The van der Waals surface area contributed by atoms with E-state index in [9.17, 15) is 25.0 Å². The highest BCUT2D eigenvalue weighted by Gasteiger charge is 2.43. The number of nitrogens with zero attached hydrogens (tertiary/aromatic N) is 3. The number of nitro groups is 1. The summed E-state index contributed by atoms with van der Waals surface area (Å²) in [4.78, 5) is 35.9. The van der Waals surface area contributed by atoms with Gasteiger partial charge in [0.15, 0.2) is 11.2 Å². The molecule has 176 valence electrons. The van der Waals surface area contributed by atoms with Crippen molar-refractivity contribution in [1.82, 2.24) is 0 Å². The molecule has 0 saturated carbocycles. The Hall–Kier alpha value is -4.84. The zero-order chi connectivity index (χ0) is 25.4. The van der Waals surface area contributed by atoms with Crippen LogP contribution in [0.5, 0.6) is 0 Å². The number of ketones is 1. The summed E-state index contributed by atoms with van der Waals surface area (Å²) in [6.07, 6.45) is 0. The molecule has 9 heteroatoms. The number of hydrazone groups is 1. The maximum Gasteiger partial charge on any atom is 0.354 e. The van der Waals surface area contributed by atoms with E-state index in [1.165, 1.54) is 31.2 Å². The van der Waals surface area contributed by atoms with Crippen LogP contribution in [0, 0.1) is 21.4 Å². The van der Waals surface area contributed by atoms with Gasteiger partial charge in [0.1, 0.15) is 5.71 Å². The van der Waals surface area contributed by atoms with Crippen LogP contribution in [0.2, 0.25) is 0 Å². The highest BCUT2D eigenvalue weighted by atomic mass is 16.6. The van der Waals surface area contributed by atoms with Gasteiger partial charge >= 0.3 is 5.97 Å². The van der Waals surface area contributed by atoms with Crippen molar-refractivity contribution in [3.63, 3.8) is 0 Å². The minimum absolute atomic E-state index is 0.139. The van der Waals surface area contributed by atoms with Gasteiger partial charge in [-0.25, -0.2) is 4.79 Å². The molecular formula is C26H22N4O5. The normalized spacial score (nSPS) is 12.7. The second kappa shape index (κ2) is 10.9. The van der Waals surface area contributed by atoms with Crippen LogP contribution in [-0.4, -0.2) is 29.0 Å². The molecule has 0 aliphatic carbocycles. The largest absolute Gasteiger partial charge is 0.461 e. The molecule has 0 saturated heterocycles. The van der Waals surface area contributed by atoms with Crippen molar-refractivity contribution in [1.29, 1.82) is 5.26 Å². The smallest absolute Gasteiger partial charge is 0.354 e. The fourth-order valence-corrected chi connectivity index (χ4v) is 3.47. The maximum atomic E-state index is 13.7. The second-order valence-electron chi connectivity index (χ2n) is 7.47. The number of Topliss-reactive ketones (excluding diaryl/α,β-unsaturated/α-hetero) is 1. The van der Waals surface area contributed by atoms with Crippen molar-refractivity contribution in [2.75, 3.05) is 12.0 Å². The number of benzene rings is 3. The van der Waals surface area contributed by atoms with Gasteiger partial charge in [-0.2, -0.15) is 10.4 Å². The summed E-state index contributed by atoms with van der Waals surface area (Å²) < 4.78 is 4.89. The van der Waals surface area contributed by atoms with Gasteiger partial charge in [0.25, 0.3) is 5.69 Å². The first kappa shape index (κ1) is 24.8. The second-order valence-corrected chi connectivity index (χ2v) is 7.47. The SMILES string of the molecule is CCOC(=O)C(C)=NNc1ccc([C@@](C#N)(C(=O)c2ccc([N+](=O)[O-])cc2)c2ccccc2)cc1. The maximum absolute atomic E-state index is 13.7. The minimum Gasteiger partial charge on any atom is -0.461 e. The van der Waals surface area contributed by atoms with E-state index in [0.717, 1.165) is 0 Å². The molecule has 1 atom stereocenters. The highest BCUT2D eigenvalue weighted by molar-refractivity contribution is 6.35. The van der Waals surface area contributed by atoms with Crippen LogP contribution >= 0.6 is 0 Å². The number of nitriles is 1. The Bertz CT molecular complexity index is 1300. The monoisotopic (exact) mass is 470 g/mol. The average molecular weight is 470 g/mol. The molecular weight excluding hydrogens is 448 g/mol. The van der Waals surface area contributed by atoms with Crippen LogP contribution in [-0.2, 0) is 14.9 Å². The number of ether oxygens (including phenoxy) is 1. The van der Waals surface area contributed by atoms with Gasteiger partial charge in [0.05, 0.1) is 23.3 Å². The first-order valence-electron chi connectivity index (χ1n) is 10.7. The zero-order valence-corrected chi connectivity index (χ0v) is 19.1. The number of nitro benzene ring substituents is 1. The predicted molar refractivity (Wildman–Crippen MR) is 130 cm³/mol. The minimum atomic E-state index is -1.69. The Morgan fingerprint density at radius 2 is 1.63 bits per heavy atom. The van der Waals surface area contributed by atoms with E-state index in [2.05, 4.69) is 16.6 Å². The summed E-state index contributed by atoms with van der Waals surface area (Å²) in [7, 11) is 0. The van der Waals surface area contributed by atoms with Crippen molar-refractivity contribution >= 4 is 28.8 Å². The Labute approximate surface area is 201 Å². The van der Waals surface area contributed by atoms with E-state index in [1.807, 2.05) is 0 Å². The molecule has 0 bridgehead atoms. The fourth-order valence-electron chi connectivity index (χ4n) is 3.47. The van der Waals surface area contributed by atoms with E-state index in [-0.39, 0.29) is 23.6 Å². The van der Waals surface area contributed by atoms with Gasteiger partial charge in [-0.15, -0.1) is 0 Å². The first-order chi connectivity index (χ1) is 16.8. The van der Waals surface area contributed by atoms with Crippen LogP contribution in [0.1, 0.15) is 35.3 Å². The lowest BCUT2D eigenvalue weighted by atomic mass is 9.70. The molecule has 0 aliphatic rings. The van der Waals surface area contributed by atoms with Crippen molar-refractivity contribution in [3.05, 3.63) is 106 Å². The number of hydrogen-bond acceptors (Lipinski definition) is 8. The number of hydrogen-bond donors (Lipinski definition) is 1. The van der Waals surface area contributed by atoms with E-state index in [1.54, 1.807) is 61.5 Å². The summed E-state index contributed by atoms with van der Waals surface area (Å²) in [6, 6.07) is 22.5. The van der Waals surface area contributed by atoms with Gasteiger partial charge in [0.2, 0.25) is 0 Å². The first-order valence-corrected chi connectivity index (χ1v) is 10.7. The van der Waals surface area contributed by atoms with E-state index in [4.69, 9.17) is 4.74 Å². The third kappa shape index (κ3) is 5.23. The number of carbonyl (C=O) groups excluding carboxylic acids is 2. The van der Waals surface area contributed by atoms with Crippen LogP contribution in [0.15, 0.2) is 84.0 Å². The number of nitrogens with one attached hydrogen (secondary N) is 1. The molecule has 3 aromatic rings. The molecule has 0 fully saturated rings. The van der Waals surface area contributed by atoms with Crippen LogP contribution in [0.3, 0.4) is 0 Å². The highest BCUT2D eigenvalue weighted by Crippen LogP contribution is 2.36. The van der Waals surface area contributed by atoms with Crippen molar-refractivity contribution in [3.8, 4) is 6.07 Å². The van der Waals surface area contributed by atoms with E-state index < -0.39 is 22.1 Å². The molecule has 9 nitrogen and oxygen atoms in total. The van der Waals surface area contributed by atoms with Gasteiger partial charge in [0, 0.05) is 17.7 Å². The van der Waals surface area contributed by atoms with Crippen molar-refractivity contribution < 1.29 is 19.2 Å². The molecule has 0 radical (unpaired) electrons. The summed E-state index contributed by atoms with van der Waals surface area (Å²) in [5.41, 5.74) is 2.61. The van der Waals surface area contributed by atoms with E-state index in [0.29, 0.717) is 16.8 Å². The molecule has 0 aromatic heterocycles. The summed E-state index contributed by atoms with van der Waals surface area (Å²) >= 11 is 0. The standard InChI is InChI=1S/C26H22N4O5/c1-3-35-25(32)18(2)28-29-22-13-11-21(12-14-22)26(17-27,20-7-5-4-6-8-20)24(31)19-9-15-23(16-10-19)30(33)34/h4-16,29H,3H2,1-2H3/t26-/m0/s1. The molecule has 35 heavy (non-hydrogen) atoms. The number of anilines is 1. The zero-order valence-electron chi connectivity index (χ0n) is 19.1. The summed E-state index contributed by atoms with van der Waals surface area (Å²) in [5, 5.41) is 25.3. The summed E-state index contributed by atoms with van der Waals surface area (Å²) in [6.45, 7) is 3.45. The lowest BCUT2D eigenvalue weighted by Gasteiger charge is -2.26. The average Bonchev–Trinajstić information content (AvgIpc) is 2.89. The molecule has 0 amide bonds. The van der Waals surface area contributed by atoms with Crippen molar-refractivity contribution in [2.45, 2.75) is 19.3 Å². The fraction of sp³-hybridized carbons (Fsp3) is 0.154. The Morgan fingerprint density at radius 3 is 2.17 bits per heavy atom. The van der Waals surface area contributed by atoms with Crippen molar-refractivity contribution in [2.24, 2.45) is 5.10 Å². The Morgan fingerprint density at radius 1 is 1.03 bits per heavy atom. The van der Waals surface area contributed by atoms with Crippen LogP contribution < -0.4 is 5.43 Å². The van der Waals surface area contributed by atoms with Gasteiger partial charge in [-0.1, -0.05) is 42.5 Å². The lowest BCUT2D eigenvalue weighted by Crippen LogP contribution is -2.36. The molecule has 0 unspecified atom stereocenters. The van der Waals surface area contributed by atoms with Crippen LogP contribution in [0.4, 0.5) is 11.4 Å². The number of esters is 1. The predicted octanol–water partition coefficient (Wildman–Crippen LogP) is 4.64. The molecule has 3 aromatic carbocycles. The molecule has 0 aliphatic heterocycles. The lowest BCUT2D eigenvalue weighted by molar-refractivity contribution is -0.384. The Kier molecular flexibility index (Phi) is 7.69. The van der Waals surface area contributed by atoms with E-state index >= 15 is 0 Å². The topological polar surface area (TPSA) is 135 Å². The Balaban J connectivity index is 2.01. The van der Waals surface area contributed by atoms with Gasteiger partial charge in [-0.05, 0) is 49.2 Å². The third-order valence-corrected chi connectivity index (χ3v) is 5.30. The third-order valence-electron chi connectivity index (χ3n) is 5.30. The molecule has 1 N–H and O–H groups in total. The number of non-ortho nitro benzene ring substituents is 1. The number of carbonyl (C=O) groups is 2. The van der Waals surface area contributed by atoms with Gasteiger partial charge < -0.3 is 4.74 Å². The molecule has 0 spiro atoms. The molecule has 0 heterocycles. The quantitative estimate of drug-likeness (QED) is 0.158. The number of rotatable bonds is 9. The van der Waals surface area contributed by atoms with Gasteiger partial charge in [-0.3, -0.25) is 20.3 Å².